The average molecular weight is 361 g/mol. The second kappa shape index (κ2) is 8.19. The summed E-state index contributed by atoms with van der Waals surface area (Å²) in [6.45, 7) is 1.17. The number of hydrogen-bond acceptors (Lipinski definition) is 5. The van der Waals surface area contributed by atoms with Gasteiger partial charge in [0.2, 0.25) is 5.88 Å². The Balaban J connectivity index is 1.63. The maximum Gasteiger partial charge on any atom is 0.275 e. The molecule has 1 aliphatic heterocycles. The number of hydroxylamine groups is 1. The van der Waals surface area contributed by atoms with Crippen LogP contribution in [0, 0.1) is 0 Å². The van der Waals surface area contributed by atoms with Gasteiger partial charge < -0.3 is 4.74 Å². The minimum Gasteiger partial charge on any atom is -0.474 e. The van der Waals surface area contributed by atoms with Crippen molar-refractivity contribution in [2.75, 3.05) is 13.1 Å². The first kappa shape index (κ1) is 17.5. The zero-order valence-electron chi connectivity index (χ0n) is 13.5. The van der Waals surface area contributed by atoms with Crippen molar-refractivity contribution in [2.24, 2.45) is 0 Å². The Bertz CT molecular complexity index is 749. The van der Waals surface area contributed by atoms with Crippen molar-refractivity contribution in [1.82, 2.24) is 14.8 Å². The molecule has 0 radical (unpaired) electrons. The highest BCUT2D eigenvalue weighted by molar-refractivity contribution is 7.82. The molecule has 0 spiro atoms. The number of benzene rings is 1. The summed E-state index contributed by atoms with van der Waals surface area (Å²) in [6, 6.07) is 12.1. The molecule has 1 atom stereocenters. The van der Waals surface area contributed by atoms with Crippen LogP contribution in [0.1, 0.15) is 23.2 Å². The highest BCUT2D eigenvalue weighted by Gasteiger charge is 2.27. The molecule has 0 saturated carbocycles. The fourth-order valence-corrected chi connectivity index (χ4v) is 4.07. The van der Waals surface area contributed by atoms with Gasteiger partial charge in [-0.3, -0.25) is 10.0 Å². The number of piperidine rings is 1. The van der Waals surface area contributed by atoms with Crippen LogP contribution in [0.2, 0.25) is 0 Å². The van der Waals surface area contributed by atoms with Crippen LogP contribution in [-0.4, -0.2) is 43.8 Å². The van der Waals surface area contributed by atoms with Gasteiger partial charge in [-0.25, -0.2) is 19.0 Å². The monoisotopic (exact) mass is 361 g/mol. The minimum atomic E-state index is -1.47. The molecule has 1 aromatic carbocycles. The second-order valence-electron chi connectivity index (χ2n) is 5.60. The third-order valence-electron chi connectivity index (χ3n) is 3.98. The summed E-state index contributed by atoms with van der Waals surface area (Å²) in [5.41, 5.74) is 1.80. The van der Waals surface area contributed by atoms with E-state index >= 15 is 0 Å². The standard InChI is InChI=1S/C17H19N3O4S/c21-17(19-22)14-5-1-2-6-15(14)25(23)20-11-8-13(9-12-20)24-16-7-3-4-10-18-16/h1-7,10,13,22H,8-9,11-12H2,(H,19,21). The summed E-state index contributed by atoms with van der Waals surface area (Å²) in [6.07, 6.45) is 3.15. The second-order valence-corrected chi connectivity index (χ2v) is 7.05. The van der Waals surface area contributed by atoms with E-state index < -0.39 is 16.9 Å². The third-order valence-corrected chi connectivity index (χ3v) is 5.55. The van der Waals surface area contributed by atoms with Gasteiger partial charge in [-0.05, 0) is 31.0 Å². The first-order chi connectivity index (χ1) is 12.2. The number of rotatable bonds is 5. The summed E-state index contributed by atoms with van der Waals surface area (Å²) in [5.74, 6) is -0.0793. The van der Waals surface area contributed by atoms with Crippen LogP contribution in [0.3, 0.4) is 0 Å². The van der Waals surface area contributed by atoms with Crippen molar-refractivity contribution in [2.45, 2.75) is 23.8 Å². The lowest BCUT2D eigenvalue weighted by Gasteiger charge is -2.31. The lowest BCUT2D eigenvalue weighted by atomic mass is 10.1. The van der Waals surface area contributed by atoms with Gasteiger partial charge in [-0.15, -0.1) is 0 Å². The molecule has 8 heteroatoms. The SMILES string of the molecule is O=C(NO)c1ccccc1S(=O)N1CCC(Oc2ccccn2)CC1. The van der Waals surface area contributed by atoms with E-state index in [2.05, 4.69) is 4.98 Å². The number of nitrogens with one attached hydrogen (secondary N) is 1. The quantitative estimate of drug-likeness (QED) is 0.625. The molecule has 1 fully saturated rings. The smallest absolute Gasteiger partial charge is 0.275 e. The Labute approximate surface area is 148 Å². The number of carbonyl (C=O) groups is 1. The van der Waals surface area contributed by atoms with E-state index in [0.717, 1.165) is 12.8 Å². The number of pyridine rings is 1. The lowest BCUT2D eigenvalue weighted by Crippen LogP contribution is -2.39. The Hall–Kier alpha value is -2.29. The number of hydrogen-bond donors (Lipinski definition) is 2. The maximum absolute atomic E-state index is 12.8. The first-order valence-corrected chi connectivity index (χ1v) is 9.07. The zero-order valence-corrected chi connectivity index (χ0v) is 14.3. The molecule has 1 saturated heterocycles. The molecular weight excluding hydrogens is 342 g/mol. The molecule has 0 bridgehead atoms. The molecule has 25 heavy (non-hydrogen) atoms. The van der Waals surface area contributed by atoms with E-state index in [1.54, 1.807) is 29.9 Å². The van der Waals surface area contributed by atoms with Crippen LogP contribution >= 0.6 is 0 Å². The van der Waals surface area contributed by atoms with Gasteiger partial charge in [0, 0.05) is 25.4 Å². The molecule has 2 heterocycles. The van der Waals surface area contributed by atoms with Crippen molar-refractivity contribution < 1.29 is 18.9 Å². The summed E-state index contributed by atoms with van der Waals surface area (Å²) in [7, 11) is -1.47. The lowest BCUT2D eigenvalue weighted by molar-refractivity contribution is 0.0702. The molecule has 1 amide bonds. The Kier molecular flexibility index (Phi) is 5.75. The van der Waals surface area contributed by atoms with E-state index in [0.29, 0.717) is 23.9 Å². The van der Waals surface area contributed by atoms with E-state index in [4.69, 9.17) is 9.94 Å². The van der Waals surface area contributed by atoms with E-state index in [1.165, 1.54) is 6.07 Å². The normalized spacial score (nSPS) is 17.0. The summed E-state index contributed by atoms with van der Waals surface area (Å²) < 4.78 is 20.5. The van der Waals surface area contributed by atoms with Gasteiger partial charge in [0.25, 0.3) is 5.91 Å². The molecular formula is C17H19N3O4S. The van der Waals surface area contributed by atoms with Crippen LogP contribution in [0.4, 0.5) is 0 Å². The number of ether oxygens (including phenoxy) is 1. The predicted molar refractivity (Wildman–Crippen MR) is 91.6 cm³/mol. The third kappa shape index (κ3) is 4.22. The molecule has 1 aliphatic rings. The van der Waals surface area contributed by atoms with Gasteiger partial charge in [-0.2, -0.15) is 0 Å². The van der Waals surface area contributed by atoms with Gasteiger partial charge >= 0.3 is 0 Å². The fourth-order valence-electron chi connectivity index (χ4n) is 2.71. The average Bonchev–Trinajstić information content (AvgIpc) is 2.68. The molecule has 132 valence electrons. The Morgan fingerprint density at radius 1 is 1.20 bits per heavy atom. The van der Waals surface area contributed by atoms with Crippen molar-refractivity contribution in [1.29, 1.82) is 0 Å². The van der Waals surface area contributed by atoms with Crippen molar-refractivity contribution in [3.63, 3.8) is 0 Å². The number of aromatic nitrogens is 1. The van der Waals surface area contributed by atoms with Crippen LogP contribution in [-0.2, 0) is 11.0 Å². The van der Waals surface area contributed by atoms with Crippen LogP contribution < -0.4 is 10.2 Å². The van der Waals surface area contributed by atoms with Crippen LogP contribution in [0.25, 0.3) is 0 Å². The summed E-state index contributed by atoms with van der Waals surface area (Å²) >= 11 is 0. The number of amides is 1. The molecule has 7 nitrogen and oxygen atoms in total. The maximum atomic E-state index is 12.8. The molecule has 0 aliphatic carbocycles. The number of nitrogens with zero attached hydrogens (tertiary/aromatic N) is 2. The molecule has 1 unspecified atom stereocenters. The summed E-state index contributed by atoms with van der Waals surface area (Å²) in [4.78, 5) is 16.3. The zero-order chi connectivity index (χ0) is 17.6. The van der Waals surface area contributed by atoms with E-state index in [9.17, 15) is 9.00 Å². The first-order valence-electron chi connectivity index (χ1n) is 7.97. The van der Waals surface area contributed by atoms with Crippen LogP contribution in [0.5, 0.6) is 5.88 Å². The number of carbonyl (C=O) groups excluding carboxylic acids is 1. The molecule has 2 N–H and O–H groups in total. The van der Waals surface area contributed by atoms with E-state index in [1.807, 2.05) is 22.5 Å². The predicted octanol–water partition coefficient (Wildman–Crippen LogP) is 1.77. The Morgan fingerprint density at radius 2 is 1.92 bits per heavy atom. The molecule has 2 aromatic rings. The van der Waals surface area contributed by atoms with Gasteiger partial charge in [0.1, 0.15) is 17.1 Å². The van der Waals surface area contributed by atoms with Gasteiger partial charge in [0.05, 0.1) is 10.5 Å². The van der Waals surface area contributed by atoms with Gasteiger partial charge in [-0.1, -0.05) is 18.2 Å². The highest BCUT2D eigenvalue weighted by atomic mass is 32.2. The summed E-state index contributed by atoms with van der Waals surface area (Å²) in [5, 5.41) is 8.85. The molecule has 1 aromatic heterocycles. The highest BCUT2D eigenvalue weighted by Crippen LogP contribution is 2.22. The minimum absolute atomic E-state index is 0.0270. The van der Waals surface area contributed by atoms with Crippen LogP contribution in [0.15, 0.2) is 53.6 Å². The fraction of sp³-hybridized carbons (Fsp3) is 0.294. The van der Waals surface area contributed by atoms with Gasteiger partial charge in [0.15, 0.2) is 0 Å². The molecule has 3 rings (SSSR count). The van der Waals surface area contributed by atoms with Crippen molar-refractivity contribution in [3.8, 4) is 5.88 Å². The largest absolute Gasteiger partial charge is 0.474 e. The van der Waals surface area contributed by atoms with E-state index in [-0.39, 0.29) is 11.7 Å². The topological polar surface area (TPSA) is 91.8 Å². The Morgan fingerprint density at radius 3 is 2.60 bits per heavy atom. The van der Waals surface area contributed by atoms with Crippen molar-refractivity contribution >= 4 is 16.9 Å². The van der Waals surface area contributed by atoms with Crippen molar-refractivity contribution in [3.05, 3.63) is 54.2 Å².